The Hall–Kier alpha value is -2.49. The van der Waals surface area contributed by atoms with Gasteiger partial charge in [-0.15, -0.1) is 0 Å². The molecule has 108 valence electrons. The van der Waals surface area contributed by atoms with Crippen LogP contribution in [0, 0.1) is 0 Å². The van der Waals surface area contributed by atoms with E-state index in [-0.39, 0.29) is 5.91 Å². The van der Waals surface area contributed by atoms with Crippen molar-refractivity contribution >= 4 is 11.6 Å². The van der Waals surface area contributed by atoms with Gasteiger partial charge in [-0.3, -0.25) is 4.79 Å². The van der Waals surface area contributed by atoms with E-state index in [1.165, 1.54) is 5.56 Å². The number of nitrogens with zero attached hydrogens (tertiary/aromatic N) is 1. The second-order valence-corrected chi connectivity index (χ2v) is 5.05. The van der Waals surface area contributed by atoms with Crippen LogP contribution in [-0.2, 0) is 11.3 Å². The van der Waals surface area contributed by atoms with Crippen LogP contribution in [0.1, 0.15) is 5.56 Å². The average Bonchev–Trinajstić information content (AvgIpc) is 2.55. The van der Waals surface area contributed by atoms with Crippen LogP contribution in [0.4, 0.5) is 5.69 Å². The van der Waals surface area contributed by atoms with Crippen LogP contribution >= 0.6 is 0 Å². The molecule has 0 radical (unpaired) electrons. The minimum absolute atomic E-state index is 0.0948. The zero-order valence-electron chi connectivity index (χ0n) is 12.0. The van der Waals surface area contributed by atoms with Gasteiger partial charge in [-0.1, -0.05) is 42.5 Å². The highest BCUT2D eigenvalue weighted by atomic mass is 16.5. The number of amides is 1. The van der Waals surface area contributed by atoms with Gasteiger partial charge in [0.15, 0.2) is 6.10 Å². The summed E-state index contributed by atoms with van der Waals surface area (Å²) in [5.41, 5.74) is 2.24. The Morgan fingerprint density at radius 3 is 2.67 bits per heavy atom. The highest BCUT2D eigenvalue weighted by molar-refractivity contribution is 5.83. The van der Waals surface area contributed by atoms with E-state index in [2.05, 4.69) is 22.3 Å². The normalized spacial score (nSPS) is 16.8. The predicted molar refractivity (Wildman–Crippen MR) is 82.4 cm³/mol. The zero-order chi connectivity index (χ0) is 14.7. The summed E-state index contributed by atoms with van der Waals surface area (Å²) >= 11 is 0. The second-order valence-electron chi connectivity index (χ2n) is 5.05. The third-order valence-electron chi connectivity index (χ3n) is 3.62. The van der Waals surface area contributed by atoms with Crippen LogP contribution < -0.4 is 15.0 Å². The van der Waals surface area contributed by atoms with Crippen molar-refractivity contribution < 1.29 is 9.53 Å². The molecule has 0 saturated heterocycles. The Morgan fingerprint density at radius 2 is 1.90 bits per heavy atom. The van der Waals surface area contributed by atoms with Crippen molar-refractivity contribution in [2.75, 3.05) is 18.5 Å². The van der Waals surface area contributed by atoms with Gasteiger partial charge in [-0.25, -0.2) is 0 Å². The van der Waals surface area contributed by atoms with Crippen molar-refractivity contribution in [2.45, 2.75) is 12.6 Å². The summed E-state index contributed by atoms with van der Waals surface area (Å²) in [6, 6.07) is 18.1. The maximum atomic E-state index is 11.9. The molecule has 0 saturated carbocycles. The van der Waals surface area contributed by atoms with Crippen LogP contribution in [0.15, 0.2) is 54.6 Å². The van der Waals surface area contributed by atoms with Gasteiger partial charge in [0.1, 0.15) is 5.75 Å². The van der Waals surface area contributed by atoms with E-state index in [4.69, 9.17) is 4.74 Å². The number of hydrogen-bond acceptors (Lipinski definition) is 3. The number of nitrogens with one attached hydrogen (secondary N) is 1. The zero-order valence-corrected chi connectivity index (χ0v) is 12.0. The molecule has 0 aromatic heterocycles. The fraction of sp³-hybridized carbons (Fsp3) is 0.235. The number of carbonyl (C=O) groups excluding carboxylic acids is 1. The lowest BCUT2D eigenvalue weighted by molar-refractivity contribution is -0.127. The Labute approximate surface area is 124 Å². The summed E-state index contributed by atoms with van der Waals surface area (Å²) in [5, 5.41) is 2.66. The number of para-hydroxylation sites is 2. The van der Waals surface area contributed by atoms with Gasteiger partial charge in [0.25, 0.3) is 5.91 Å². The molecule has 1 unspecified atom stereocenters. The van der Waals surface area contributed by atoms with Gasteiger partial charge in [-0.05, 0) is 17.7 Å². The first kappa shape index (κ1) is 13.5. The minimum atomic E-state index is -0.478. The molecule has 1 atom stereocenters. The fourth-order valence-corrected chi connectivity index (χ4v) is 2.56. The molecule has 1 aliphatic rings. The van der Waals surface area contributed by atoms with Gasteiger partial charge < -0.3 is 15.0 Å². The summed E-state index contributed by atoms with van der Waals surface area (Å²) in [6.45, 7) is 1.31. The molecular formula is C17H18N2O2. The van der Waals surface area contributed by atoms with E-state index in [1.54, 1.807) is 7.05 Å². The van der Waals surface area contributed by atoms with Gasteiger partial charge >= 0.3 is 0 Å². The molecule has 1 aliphatic heterocycles. The van der Waals surface area contributed by atoms with E-state index in [0.717, 1.165) is 18.0 Å². The Balaban J connectivity index is 1.89. The number of likely N-dealkylation sites (N-methyl/N-ethyl adjacent to an activating group) is 1. The molecule has 1 N–H and O–H groups in total. The molecule has 2 aromatic carbocycles. The van der Waals surface area contributed by atoms with Gasteiger partial charge in [-0.2, -0.15) is 0 Å². The topological polar surface area (TPSA) is 41.6 Å². The summed E-state index contributed by atoms with van der Waals surface area (Å²) < 4.78 is 5.80. The van der Waals surface area contributed by atoms with E-state index < -0.39 is 6.10 Å². The van der Waals surface area contributed by atoms with Crippen molar-refractivity contribution in [1.29, 1.82) is 0 Å². The lowest BCUT2D eigenvalue weighted by Crippen LogP contribution is -2.47. The first-order valence-corrected chi connectivity index (χ1v) is 7.04. The molecule has 0 fully saturated rings. The molecule has 1 amide bonds. The first-order chi connectivity index (χ1) is 10.3. The molecule has 4 nitrogen and oxygen atoms in total. The highest BCUT2D eigenvalue weighted by Crippen LogP contribution is 2.34. The molecule has 3 rings (SSSR count). The third-order valence-corrected chi connectivity index (χ3v) is 3.62. The maximum Gasteiger partial charge on any atom is 0.262 e. The van der Waals surface area contributed by atoms with Crippen molar-refractivity contribution in [3.63, 3.8) is 0 Å². The molecule has 0 aliphatic carbocycles. The van der Waals surface area contributed by atoms with Crippen LogP contribution in [0.25, 0.3) is 0 Å². The average molecular weight is 282 g/mol. The van der Waals surface area contributed by atoms with Crippen molar-refractivity contribution in [1.82, 2.24) is 5.32 Å². The predicted octanol–water partition coefficient (Wildman–Crippen LogP) is 2.20. The van der Waals surface area contributed by atoms with Crippen LogP contribution in [0.3, 0.4) is 0 Å². The summed E-state index contributed by atoms with van der Waals surface area (Å²) in [6.07, 6.45) is -0.478. The SMILES string of the molecule is CNC(=O)C1CN(Cc2ccccc2)c2ccccc2O1. The van der Waals surface area contributed by atoms with E-state index in [1.807, 2.05) is 42.5 Å². The first-order valence-electron chi connectivity index (χ1n) is 7.04. The minimum Gasteiger partial charge on any atom is -0.477 e. The second kappa shape index (κ2) is 5.87. The molecular weight excluding hydrogens is 264 g/mol. The number of carbonyl (C=O) groups is 1. The van der Waals surface area contributed by atoms with Crippen LogP contribution in [-0.4, -0.2) is 25.6 Å². The molecule has 21 heavy (non-hydrogen) atoms. The summed E-state index contributed by atoms with van der Waals surface area (Å²) in [4.78, 5) is 14.1. The molecule has 2 aromatic rings. The van der Waals surface area contributed by atoms with Crippen LogP contribution in [0.5, 0.6) is 5.75 Å². The summed E-state index contributed by atoms with van der Waals surface area (Å²) in [5.74, 6) is 0.663. The third kappa shape index (κ3) is 2.84. The number of benzene rings is 2. The van der Waals surface area contributed by atoms with Gasteiger partial charge in [0, 0.05) is 13.6 Å². The number of rotatable bonds is 3. The van der Waals surface area contributed by atoms with Gasteiger partial charge in [0.2, 0.25) is 0 Å². The number of fused-ring (bicyclic) bond motifs is 1. The number of hydrogen-bond donors (Lipinski definition) is 1. The van der Waals surface area contributed by atoms with Crippen molar-refractivity contribution in [3.8, 4) is 5.75 Å². The maximum absolute atomic E-state index is 11.9. The monoisotopic (exact) mass is 282 g/mol. The number of ether oxygens (including phenoxy) is 1. The van der Waals surface area contributed by atoms with E-state index in [0.29, 0.717) is 6.54 Å². The van der Waals surface area contributed by atoms with Gasteiger partial charge in [0.05, 0.1) is 12.2 Å². The van der Waals surface area contributed by atoms with Crippen molar-refractivity contribution in [2.24, 2.45) is 0 Å². The molecule has 4 heteroatoms. The van der Waals surface area contributed by atoms with E-state index >= 15 is 0 Å². The van der Waals surface area contributed by atoms with Crippen LogP contribution in [0.2, 0.25) is 0 Å². The molecule has 0 bridgehead atoms. The largest absolute Gasteiger partial charge is 0.477 e. The smallest absolute Gasteiger partial charge is 0.262 e. The quantitative estimate of drug-likeness (QED) is 0.938. The number of anilines is 1. The fourth-order valence-electron chi connectivity index (χ4n) is 2.56. The lowest BCUT2D eigenvalue weighted by Gasteiger charge is -2.35. The molecule has 1 heterocycles. The lowest BCUT2D eigenvalue weighted by atomic mass is 10.1. The standard InChI is InChI=1S/C17H18N2O2/c1-18-17(20)16-12-19(11-13-7-3-2-4-8-13)14-9-5-6-10-15(14)21-16/h2-10,16H,11-12H2,1H3,(H,18,20). The Bertz CT molecular complexity index is 628. The summed E-state index contributed by atoms with van der Waals surface area (Å²) in [7, 11) is 1.63. The highest BCUT2D eigenvalue weighted by Gasteiger charge is 2.29. The molecule has 0 spiro atoms. The van der Waals surface area contributed by atoms with E-state index in [9.17, 15) is 4.79 Å². The van der Waals surface area contributed by atoms with Crippen molar-refractivity contribution in [3.05, 3.63) is 60.2 Å². The Kier molecular flexibility index (Phi) is 3.77. The Morgan fingerprint density at radius 1 is 1.19 bits per heavy atom.